The SMILES string of the molecule is Cc1ccccc1N1CC[NH+]([C@@H](C)C(=O)Nc2ccc(C(N)=O)cc2)CC1. The minimum atomic E-state index is -0.475. The van der Waals surface area contributed by atoms with Crippen LogP contribution in [0.3, 0.4) is 0 Å². The Morgan fingerprint density at radius 2 is 1.70 bits per heavy atom. The summed E-state index contributed by atoms with van der Waals surface area (Å²) in [4.78, 5) is 27.4. The summed E-state index contributed by atoms with van der Waals surface area (Å²) >= 11 is 0. The molecule has 0 aliphatic carbocycles. The van der Waals surface area contributed by atoms with Gasteiger partial charge in [0.25, 0.3) is 5.91 Å². The van der Waals surface area contributed by atoms with E-state index in [9.17, 15) is 9.59 Å². The minimum Gasteiger partial charge on any atom is -0.366 e. The first kappa shape index (κ1) is 18.9. The van der Waals surface area contributed by atoms with Crippen LogP contribution in [0.25, 0.3) is 0 Å². The fourth-order valence-electron chi connectivity index (χ4n) is 3.54. The molecular formula is C21H27N4O2+. The molecule has 1 saturated heterocycles. The smallest absolute Gasteiger partial charge is 0.282 e. The summed E-state index contributed by atoms with van der Waals surface area (Å²) in [5.74, 6) is -0.488. The zero-order chi connectivity index (χ0) is 19.4. The molecule has 1 heterocycles. The molecule has 0 unspecified atom stereocenters. The molecule has 1 aliphatic rings. The summed E-state index contributed by atoms with van der Waals surface area (Å²) in [6.45, 7) is 7.81. The topological polar surface area (TPSA) is 79.9 Å². The largest absolute Gasteiger partial charge is 0.366 e. The van der Waals surface area contributed by atoms with E-state index in [1.165, 1.54) is 16.2 Å². The Hall–Kier alpha value is -2.86. The van der Waals surface area contributed by atoms with Gasteiger partial charge in [0.05, 0.1) is 26.2 Å². The summed E-state index contributed by atoms with van der Waals surface area (Å²) < 4.78 is 0. The highest BCUT2D eigenvalue weighted by Gasteiger charge is 2.29. The maximum atomic E-state index is 12.6. The number of nitrogens with two attached hydrogens (primary N) is 1. The third-order valence-electron chi connectivity index (χ3n) is 5.30. The van der Waals surface area contributed by atoms with E-state index in [1.54, 1.807) is 24.3 Å². The average molecular weight is 367 g/mol. The lowest BCUT2D eigenvalue weighted by molar-refractivity contribution is -0.914. The Morgan fingerprint density at radius 1 is 1.07 bits per heavy atom. The van der Waals surface area contributed by atoms with Gasteiger partial charge in [-0.25, -0.2) is 0 Å². The molecule has 1 atom stereocenters. The predicted molar refractivity (Wildman–Crippen MR) is 107 cm³/mol. The molecule has 1 fully saturated rings. The summed E-state index contributed by atoms with van der Waals surface area (Å²) in [5, 5.41) is 2.93. The van der Waals surface area contributed by atoms with Crippen LogP contribution in [-0.4, -0.2) is 44.0 Å². The van der Waals surface area contributed by atoms with Crippen LogP contribution in [0.2, 0.25) is 0 Å². The molecule has 6 heteroatoms. The lowest BCUT2D eigenvalue weighted by Crippen LogP contribution is -3.19. The first-order valence-electron chi connectivity index (χ1n) is 9.31. The monoisotopic (exact) mass is 367 g/mol. The number of carbonyl (C=O) groups is 2. The Morgan fingerprint density at radius 3 is 2.30 bits per heavy atom. The van der Waals surface area contributed by atoms with E-state index in [0.717, 1.165) is 26.2 Å². The van der Waals surface area contributed by atoms with Crippen molar-refractivity contribution in [2.75, 3.05) is 36.4 Å². The summed E-state index contributed by atoms with van der Waals surface area (Å²) in [7, 11) is 0. The van der Waals surface area contributed by atoms with Crippen molar-refractivity contribution >= 4 is 23.2 Å². The van der Waals surface area contributed by atoms with Crippen LogP contribution < -0.4 is 20.9 Å². The molecule has 1 aliphatic heterocycles. The highest BCUT2D eigenvalue weighted by molar-refractivity contribution is 5.95. The number of nitrogens with zero attached hydrogens (tertiary/aromatic N) is 1. The van der Waals surface area contributed by atoms with Crippen LogP contribution in [0.4, 0.5) is 11.4 Å². The standard InChI is InChI=1S/C21H26N4O2/c1-15-5-3-4-6-19(15)25-13-11-24(12-14-25)16(2)21(27)23-18-9-7-17(8-10-18)20(22)26/h3-10,16H,11-14H2,1-2H3,(H2,22,26)(H,23,27)/p+1/t16-/m0/s1. The van der Waals surface area contributed by atoms with Crippen molar-refractivity contribution in [3.05, 3.63) is 59.7 Å². The van der Waals surface area contributed by atoms with Crippen LogP contribution in [0.5, 0.6) is 0 Å². The number of piperazine rings is 1. The van der Waals surface area contributed by atoms with Gasteiger partial charge in [-0.2, -0.15) is 0 Å². The molecule has 0 radical (unpaired) electrons. The number of amides is 2. The third kappa shape index (κ3) is 4.46. The first-order valence-corrected chi connectivity index (χ1v) is 9.31. The van der Waals surface area contributed by atoms with E-state index in [1.807, 2.05) is 6.92 Å². The molecule has 2 aromatic rings. The van der Waals surface area contributed by atoms with E-state index in [0.29, 0.717) is 11.3 Å². The second-order valence-electron chi connectivity index (χ2n) is 7.08. The highest BCUT2D eigenvalue weighted by Crippen LogP contribution is 2.19. The lowest BCUT2D eigenvalue weighted by Gasteiger charge is -2.36. The van der Waals surface area contributed by atoms with E-state index in [-0.39, 0.29) is 11.9 Å². The lowest BCUT2D eigenvalue weighted by atomic mass is 10.1. The number of benzene rings is 2. The molecule has 6 nitrogen and oxygen atoms in total. The molecule has 2 aromatic carbocycles. The summed E-state index contributed by atoms with van der Waals surface area (Å²) in [6.07, 6.45) is 0. The molecule has 3 rings (SSSR count). The van der Waals surface area contributed by atoms with Gasteiger partial charge in [0.2, 0.25) is 5.91 Å². The average Bonchev–Trinajstić information content (AvgIpc) is 2.68. The van der Waals surface area contributed by atoms with Gasteiger partial charge >= 0.3 is 0 Å². The number of anilines is 2. The number of carbonyl (C=O) groups excluding carboxylic acids is 2. The number of primary amides is 1. The number of hydrogen-bond acceptors (Lipinski definition) is 3. The quantitative estimate of drug-likeness (QED) is 0.732. The van der Waals surface area contributed by atoms with Crippen molar-refractivity contribution in [2.24, 2.45) is 5.73 Å². The molecule has 0 aromatic heterocycles. The third-order valence-corrected chi connectivity index (χ3v) is 5.30. The Balaban J connectivity index is 1.55. The van der Waals surface area contributed by atoms with Gasteiger partial charge in [0, 0.05) is 16.9 Å². The van der Waals surface area contributed by atoms with E-state index in [2.05, 4.69) is 41.4 Å². The minimum absolute atomic E-state index is 0.0128. The summed E-state index contributed by atoms with van der Waals surface area (Å²) in [5.41, 5.74) is 8.91. The van der Waals surface area contributed by atoms with Gasteiger partial charge in [0.1, 0.15) is 0 Å². The zero-order valence-electron chi connectivity index (χ0n) is 15.9. The van der Waals surface area contributed by atoms with Crippen molar-refractivity contribution in [1.82, 2.24) is 0 Å². The maximum absolute atomic E-state index is 12.6. The fourth-order valence-corrected chi connectivity index (χ4v) is 3.54. The Labute approximate surface area is 159 Å². The molecule has 27 heavy (non-hydrogen) atoms. The van der Waals surface area contributed by atoms with Gasteiger partial charge < -0.3 is 20.9 Å². The fraction of sp³-hybridized carbons (Fsp3) is 0.333. The molecule has 4 N–H and O–H groups in total. The van der Waals surface area contributed by atoms with Gasteiger partial charge in [-0.1, -0.05) is 18.2 Å². The van der Waals surface area contributed by atoms with Crippen molar-refractivity contribution in [3.8, 4) is 0 Å². The normalized spacial score (nSPS) is 16.0. The molecule has 2 amide bonds. The number of aryl methyl sites for hydroxylation is 1. The molecule has 0 saturated carbocycles. The number of hydrogen-bond donors (Lipinski definition) is 3. The van der Waals surface area contributed by atoms with E-state index >= 15 is 0 Å². The van der Waals surface area contributed by atoms with Gasteiger partial charge in [-0.15, -0.1) is 0 Å². The predicted octanol–water partition coefficient (Wildman–Crippen LogP) is 0.826. The zero-order valence-corrected chi connectivity index (χ0v) is 15.9. The highest BCUT2D eigenvalue weighted by atomic mass is 16.2. The number of nitrogens with one attached hydrogen (secondary N) is 2. The Kier molecular flexibility index (Phi) is 5.76. The van der Waals surface area contributed by atoms with Crippen molar-refractivity contribution in [1.29, 1.82) is 0 Å². The molecular weight excluding hydrogens is 340 g/mol. The number of rotatable bonds is 5. The van der Waals surface area contributed by atoms with Gasteiger partial charge in [-0.3, -0.25) is 9.59 Å². The maximum Gasteiger partial charge on any atom is 0.282 e. The van der Waals surface area contributed by atoms with Crippen molar-refractivity contribution < 1.29 is 14.5 Å². The first-order chi connectivity index (χ1) is 13.0. The Bertz CT molecular complexity index is 811. The van der Waals surface area contributed by atoms with Crippen molar-refractivity contribution in [3.63, 3.8) is 0 Å². The van der Waals surface area contributed by atoms with E-state index in [4.69, 9.17) is 5.73 Å². The van der Waals surface area contributed by atoms with Gasteiger partial charge in [0.15, 0.2) is 6.04 Å². The van der Waals surface area contributed by atoms with Crippen LogP contribution in [-0.2, 0) is 4.79 Å². The molecule has 142 valence electrons. The number of para-hydroxylation sites is 1. The summed E-state index contributed by atoms with van der Waals surface area (Å²) in [6, 6.07) is 14.9. The van der Waals surface area contributed by atoms with Crippen molar-refractivity contribution in [2.45, 2.75) is 19.9 Å². The van der Waals surface area contributed by atoms with Gasteiger partial charge in [-0.05, 0) is 49.7 Å². The second kappa shape index (κ2) is 8.22. The van der Waals surface area contributed by atoms with Crippen LogP contribution in [0.1, 0.15) is 22.8 Å². The molecule has 0 bridgehead atoms. The van der Waals surface area contributed by atoms with Crippen LogP contribution in [0.15, 0.2) is 48.5 Å². The number of quaternary nitrogens is 1. The van der Waals surface area contributed by atoms with Crippen LogP contribution in [0, 0.1) is 6.92 Å². The van der Waals surface area contributed by atoms with Crippen LogP contribution >= 0.6 is 0 Å². The second-order valence-corrected chi connectivity index (χ2v) is 7.08. The molecule has 0 spiro atoms. The van der Waals surface area contributed by atoms with E-state index < -0.39 is 5.91 Å².